The molecule has 2 N–H and O–H groups in total. The molecular weight excluding hydrogens is 707 g/mol. The van der Waals surface area contributed by atoms with E-state index in [4.69, 9.17) is 10.5 Å². The number of benzene rings is 7. The molecule has 0 saturated heterocycles. The summed E-state index contributed by atoms with van der Waals surface area (Å²) in [7, 11) is 1.76. The lowest BCUT2D eigenvalue weighted by Crippen LogP contribution is -2.18. The molecule has 0 heterocycles. The van der Waals surface area contributed by atoms with Crippen LogP contribution in [-0.4, -0.2) is 7.11 Å². The number of allylic oxidation sites excluding steroid dienone is 4. The van der Waals surface area contributed by atoms with Crippen LogP contribution in [0.3, 0.4) is 0 Å². The van der Waals surface area contributed by atoms with Crippen molar-refractivity contribution in [2.45, 2.75) is 71.6 Å². The maximum Gasteiger partial charge on any atom is 0.142 e. The Labute approximate surface area is 343 Å². The van der Waals surface area contributed by atoms with Gasteiger partial charge in [0.1, 0.15) is 5.75 Å². The van der Waals surface area contributed by atoms with Gasteiger partial charge in [0, 0.05) is 49.7 Å². The molecule has 0 aromatic heterocycles. The Balaban J connectivity index is 1.47. The van der Waals surface area contributed by atoms with Crippen LogP contribution in [0.1, 0.15) is 88.5 Å². The molecule has 290 valence electrons. The topological polar surface area (TPSA) is 41.7 Å². The van der Waals surface area contributed by atoms with Crippen LogP contribution >= 0.6 is 0 Å². The van der Waals surface area contributed by atoms with E-state index in [0.29, 0.717) is 17.5 Å². The number of rotatable bonds is 9. The van der Waals surface area contributed by atoms with Gasteiger partial charge in [0.2, 0.25) is 0 Å². The van der Waals surface area contributed by atoms with Crippen LogP contribution in [0.5, 0.6) is 5.75 Å². The van der Waals surface area contributed by atoms with Crippen LogP contribution in [0.4, 0.5) is 39.8 Å². The predicted molar refractivity (Wildman–Crippen MR) is 248 cm³/mol. The van der Waals surface area contributed by atoms with Crippen molar-refractivity contribution in [1.29, 1.82) is 0 Å². The van der Waals surface area contributed by atoms with Crippen molar-refractivity contribution in [2.75, 3.05) is 22.6 Å². The second-order valence-electron chi connectivity index (χ2n) is 17.1. The van der Waals surface area contributed by atoms with Gasteiger partial charge in [0.15, 0.2) is 0 Å². The van der Waals surface area contributed by atoms with Crippen LogP contribution in [-0.2, 0) is 5.41 Å². The molecule has 0 spiro atoms. The molecule has 0 aliphatic heterocycles. The summed E-state index contributed by atoms with van der Waals surface area (Å²) in [6.07, 6.45) is 6.80. The van der Waals surface area contributed by atoms with Crippen molar-refractivity contribution in [3.63, 3.8) is 0 Å². The van der Waals surface area contributed by atoms with Crippen molar-refractivity contribution in [2.24, 2.45) is 0 Å². The Morgan fingerprint density at radius 1 is 0.603 bits per heavy atom. The van der Waals surface area contributed by atoms with E-state index in [9.17, 15) is 0 Å². The van der Waals surface area contributed by atoms with Gasteiger partial charge >= 0.3 is 0 Å². The molecule has 0 fully saturated rings. The molecule has 2 aliphatic carbocycles. The molecule has 2 aliphatic rings. The standard InChI is InChI=1S/C54H53N3O/c1-34(2)36-21-26-40(27-22-36)56(39-15-9-8-10-16-39)52-43-30-25-38(55)31-45(43)53(46-32-44-42-17-11-12-18-48(42)54(5,6)49(44)33-47(46)52)57(50-19-13-14-20-51(50)58-7)41-28-23-37(24-29-41)35(3)4/h8-10,12-16,18-35H,11,17,55H2,1-7H3. The molecule has 9 rings (SSSR count). The second-order valence-corrected chi connectivity index (χ2v) is 17.1. The monoisotopic (exact) mass is 759 g/mol. The number of anilines is 7. The Bertz CT molecular complexity index is 2740. The summed E-state index contributed by atoms with van der Waals surface area (Å²) in [5, 5.41) is 4.51. The van der Waals surface area contributed by atoms with Gasteiger partial charge < -0.3 is 20.3 Å². The summed E-state index contributed by atoms with van der Waals surface area (Å²) in [6, 6.07) is 48.8. The Hall–Kier alpha value is -6.26. The van der Waals surface area contributed by atoms with E-state index in [1.165, 1.54) is 38.8 Å². The molecule has 0 radical (unpaired) electrons. The Morgan fingerprint density at radius 3 is 1.83 bits per heavy atom. The highest BCUT2D eigenvalue weighted by Crippen LogP contribution is 2.57. The molecule has 0 saturated carbocycles. The summed E-state index contributed by atoms with van der Waals surface area (Å²) in [5.41, 5.74) is 22.0. The SMILES string of the molecule is COc1ccccc1N(c1ccc(C(C)C)cc1)c1c2cc(N)ccc2c(N(c2ccccc2)c2ccc(C(C)C)cc2)c2cc3c(cc12)C1=C(C=CCC1)C3(C)C. The zero-order valence-corrected chi connectivity index (χ0v) is 34.8. The number of ether oxygens (including phenoxy) is 1. The van der Waals surface area contributed by atoms with Gasteiger partial charge in [-0.25, -0.2) is 0 Å². The maximum absolute atomic E-state index is 6.86. The minimum atomic E-state index is -0.158. The Morgan fingerprint density at radius 2 is 1.17 bits per heavy atom. The second kappa shape index (κ2) is 14.6. The van der Waals surface area contributed by atoms with Crippen molar-refractivity contribution in [1.82, 2.24) is 0 Å². The van der Waals surface area contributed by atoms with Crippen LogP contribution < -0.4 is 20.3 Å². The predicted octanol–water partition coefficient (Wildman–Crippen LogP) is 15.2. The Kier molecular flexibility index (Phi) is 9.39. The highest BCUT2D eigenvalue weighted by molar-refractivity contribution is 6.24. The number of hydrogen-bond donors (Lipinski definition) is 1. The van der Waals surface area contributed by atoms with Gasteiger partial charge in [0.05, 0.1) is 24.2 Å². The van der Waals surface area contributed by atoms with Gasteiger partial charge in [0.25, 0.3) is 0 Å². The summed E-state index contributed by atoms with van der Waals surface area (Å²) in [4.78, 5) is 4.87. The van der Waals surface area contributed by atoms with Crippen LogP contribution in [0.15, 0.2) is 151 Å². The fourth-order valence-electron chi connectivity index (χ4n) is 9.37. The lowest BCUT2D eigenvalue weighted by molar-refractivity contribution is 0.416. The molecule has 0 atom stereocenters. The van der Waals surface area contributed by atoms with Crippen molar-refractivity contribution < 1.29 is 4.74 Å². The quantitative estimate of drug-likeness (QED) is 0.0904. The summed E-state index contributed by atoms with van der Waals surface area (Å²) < 4.78 is 6.17. The summed E-state index contributed by atoms with van der Waals surface area (Å²) >= 11 is 0. The van der Waals surface area contributed by atoms with Gasteiger partial charge in [-0.2, -0.15) is 0 Å². The lowest BCUT2D eigenvalue weighted by atomic mass is 9.79. The normalized spacial score (nSPS) is 14.4. The molecule has 0 unspecified atom stereocenters. The first-order chi connectivity index (χ1) is 28.1. The first kappa shape index (κ1) is 37.3. The molecule has 7 aromatic carbocycles. The zero-order valence-electron chi connectivity index (χ0n) is 34.8. The van der Waals surface area contributed by atoms with Crippen molar-refractivity contribution in [3.05, 3.63) is 173 Å². The highest BCUT2D eigenvalue weighted by Gasteiger charge is 2.39. The highest BCUT2D eigenvalue weighted by atomic mass is 16.5. The average molecular weight is 760 g/mol. The number of nitrogens with two attached hydrogens (primary N) is 1. The largest absolute Gasteiger partial charge is 0.495 e. The third kappa shape index (κ3) is 6.14. The van der Waals surface area contributed by atoms with Crippen molar-refractivity contribution >= 4 is 66.9 Å². The van der Waals surface area contributed by atoms with Gasteiger partial charge in [-0.1, -0.05) is 114 Å². The van der Waals surface area contributed by atoms with E-state index < -0.39 is 0 Å². The third-order valence-electron chi connectivity index (χ3n) is 12.5. The number of para-hydroxylation sites is 3. The number of nitrogens with zero attached hydrogens (tertiary/aromatic N) is 2. The number of fused-ring (bicyclic) bond motifs is 4. The molecule has 4 heteroatoms. The van der Waals surface area contributed by atoms with Gasteiger partial charge in [-0.3, -0.25) is 0 Å². The number of nitrogen functional groups attached to an aromatic ring is 1. The maximum atomic E-state index is 6.86. The minimum absolute atomic E-state index is 0.158. The average Bonchev–Trinajstić information content (AvgIpc) is 3.46. The van der Waals surface area contributed by atoms with E-state index in [1.807, 2.05) is 6.07 Å². The molecule has 4 nitrogen and oxygen atoms in total. The molecule has 0 amide bonds. The van der Waals surface area contributed by atoms with E-state index in [1.54, 1.807) is 7.11 Å². The first-order valence-electron chi connectivity index (χ1n) is 20.8. The molecule has 7 aromatic rings. The van der Waals surface area contributed by atoms with Gasteiger partial charge in [-0.15, -0.1) is 0 Å². The zero-order chi connectivity index (χ0) is 40.3. The molecule has 58 heavy (non-hydrogen) atoms. The van der Waals surface area contributed by atoms with Crippen molar-refractivity contribution in [3.8, 4) is 5.75 Å². The van der Waals surface area contributed by atoms with Gasteiger partial charge in [-0.05, 0) is 131 Å². The fraction of sp³-hybridized carbons (Fsp3) is 0.222. The summed E-state index contributed by atoms with van der Waals surface area (Å²) in [5.74, 6) is 1.63. The lowest BCUT2D eigenvalue weighted by Gasteiger charge is -2.34. The van der Waals surface area contributed by atoms with E-state index >= 15 is 0 Å². The number of hydrogen-bond acceptors (Lipinski definition) is 4. The van der Waals surface area contributed by atoms with Crippen LogP contribution in [0.25, 0.3) is 27.1 Å². The van der Waals surface area contributed by atoms with Crippen LogP contribution in [0.2, 0.25) is 0 Å². The summed E-state index contributed by atoms with van der Waals surface area (Å²) in [6.45, 7) is 13.8. The van der Waals surface area contributed by atoms with E-state index in [-0.39, 0.29) is 5.41 Å². The van der Waals surface area contributed by atoms with E-state index in [0.717, 1.165) is 68.9 Å². The number of methoxy groups -OCH3 is 1. The van der Waals surface area contributed by atoms with Crippen LogP contribution in [0, 0.1) is 0 Å². The fourth-order valence-corrected chi connectivity index (χ4v) is 9.37. The molecular formula is C54H53N3O. The van der Waals surface area contributed by atoms with E-state index in [2.05, 4.69) is 191 Å². The molecule has 0 bridgehead atoms. The smallest absolute Gasteiger partial charge is 0.142 e. The third-order valence-corrected chi connectivity index (χ3v) is 12.5. The first-order valence-corrected chi connectivity index (χ1v) is 20.8. The minimum Gasteiger partial charge on any atom is -0.495 e.